The molecule has 0 saturated carbocycles. The summed E-state index contributed by atoms with van der Waals surface area (Å²) in [6, 6.07) is 15.3. The van der Waals surface area contributed by atoms with Gasteiger partial charge in [0.25, 0.3) is 5.91 Å². The van der Waals surface area contributed by atoms with E-state index < -0.39 is 35.1 Å². The summed E-state index contributed by atoms with van der Waals surface area (Å²) in [6.07, 6.45) is 1.39. The topological polar surface area (TPSA) is 102 Å². The van der Waals surface area contributed by atoms with Crippen molar-refractivity contribution in [3.8, 4) is 0 Å². The molecule has 0 radical (unpaired) electrons. The maximum Gasteiger partial charge on any atom is 0.321 e. The molecule has 2 N–H and O–H groups in total. The van der Waals surface area contributed by atoms with Crippen molar-refractivity contribution in [2.45, 2.75) is 0 Å². The van der Waals surface area contributed by atoms with Crippen LogP contribution in [0.15, 0.2) is 60.0 Å². The SMILES string of the molecule is O=C(COC(=O)CNS(=O)(=O)/C=C/c1ccccc1)Nc1cccc(Cl)c1. The second kappa shape index (κ2) is 9.86. The number of carbonyl (C=O) groups is 2. The van der Waals surface area contributed by atoms with Crippen LogP contribution < -0.4 is 10.0 Å². The number of benzene rings is 2. The Bertz CT molecular complexity index is 930. The number of nitrogens with one attached hydrogen (secondary N) is 2. The van der Waals surface area contributed by atoms with Crippen LogP contribution in [0.25, 0.3) is 6.08 Å². The lowest BCUT2D eigenvalue weighted by Crippen LogP contribution is -2.31. The zero-order chi connectivity index (χ0) is 19.7. The van der Waals surface area contributed by atoms with Crippen molar-refractivity contribution in [1.82, 2.24) is 4.72 Å². The van der Waals surface area contributed by atoms with Crippen LogP contribution in [0.5, 0.6) is 0 Å². The third-order valence-electron chi connectivity index (χ3n) is 3.13. The molecule has 9 heteroatoms. The smallest absolute Gasteiger partial charge is 0.321 e. The third-order valence-corrected chi connectivity index (χ3v) is 4.41. The third kappa shape index (κ3) is 8.04. The molecule has 1 amide bonds. The molecule has 2 rings (SSSR count). The van der Waals surface area contributed by atoms with Gasteiger partial charge >= 0.3 is 5.97 Å². The highest BCUT2D eigenvalue weighted by Crippen LogP contribution is 2.14. The van der Waals surface area contributed by atoms with E-state index in [2.05, 4.69) is 10.0 Å². The summed E-state index contributed by atoms with van der Waals surface area (Å²) in [6.45, 7) is -1.14. The summed E-state index contributed by atoms with van der Waals surface area (Å²) in [5.74, 6) is -1.45. The van der Waals surface area contributed by atoms with Crippen LogP contribution in [0.2, 0.25) is 5.02 Å². The van der Waals surface area contributed by atoms with Crippen LogP contribution in [0.3, 0.4) is 0 Å². The molecule has 0 unspecified atom stereocenters. The number of esters is 1. The minimum absolute atomic E-state index is 0.447. The minimum atomic E-state index is -3.81. The van der Waals surface area contributed by atoms with Crippen molar-refractivity contribution >= 4 is 45.3 Å². The number of hydrogen-bond donors (Lipinski definition) is 2. The van der Waals surface area contributed by atoms with Gasteiger partial charge in [0.1, 0.15) is 6.54 Å². The molecule has 0 fully saturated rings. The van der Waals surface area contributed by atoms with Gasteiger partial charge in [0, 0.05) is 16.1 Å². The van der Waals surface area contributed by atoms with Gasteiger partial charge in [0.2, 0.25) is 10.0 Å². The lowest BCUT2D eigenvalue weighted by atomic mass is 10.2. The first-order valence-corrected chi connectivity index (χ1v) is 9.70. The zero-order valence-corrected chi connectivity index (χ0v) is 15.7. The Morgan fingerprint density at radius 3 is 2.52 bits per heavy atom. The average molecular weight is 409 g/mol. The van der Waals surface area contributed by atoms with Crippen LogP contribution in [0.4, 0.5) is 5.69 Å². The van der Waals surface area contributed by atoms with Crippen molar-refractivity contribution in [3.05, 3.63) is 70.6 Å². The molecule has 27 heavy (non-hydrogen) atoms. The van der Waals surface area contributed by atoms with Crippen LogP contribution in [-0.2, 0) is 24.3 Å². The standard InChI is InChI=1S/C18H17ClN2O5S/c19-15-7-4-8-16(11-15)21-17(22)13-26-18(23)12-20-27(24,25)10-9-14-5-2-1-3-6-14/h1-11,20H,12-13H2,(H,21,22)/b10-9+. The first-order chi connectivity index (χ1) is 12.8. The summed E-state index contributed by atoms with van der Waals surface area (Å²) in [4.78, 5) is 23.3. The second-order valence-electron chi connectivity index (χ2n) is 5.30. The summed E-state index contributed by atoms with van der Waals surface area (Å²) >= 11 is 5.80. The highest BCUT2D eigenvalue weighted by Gasteiger charge is 2.12. The molecule has 7 nitrogen and oxygen atoms in total. The van der Waals surface area contributed by atoms with E-state index in [9.17, 15) is 18.0 Å². The lowest BCUT2D eigenvalue weighted by Gasteiger charge is -2.07. The number of amides is 1. The van der Waals surface area contributed by atoms with Gasteiger partial charge in [-0.25, -0.2) is 13.1 Å². The van der Waals surface area contributed by atoms with Crippen molar-refractivity contribution < 1.29 is 22.7 Å². The van der Waals surface area contributed by atoms with Gasteiger partial charge in [-0.15, -0.1) is 0 Å². The molecule has 0 atom stereocenters. The summed E-state index contributed by atoms with van der Waals surface area (Å²) < 4.78 is 30.4. The first kappa shape index (κ1) is 20.6. The second-order valence-corrected chi connectivity index (χ2v) is 7.39. The van der Waals surface area contributed by atoms with Gasteiger partial charge in [-0.2, -0.15) is 0 Å². The highest BCUT2D eigenvalue weighted by molar-refractivity contribution is 7.92. The minimum Gasteiger partial charge on any atom is -0.455 e. The van der Waals surface area contributed by atoms with Crippen LogP contribution in [0.1, 0.15) is 5.56 Å². The number of sulfonamides is 1. The molecule has 0 bridgehead atoms. The number of rotatable bonds is 8. The first-order valence-electron chi connectivity index (χ1n) is 7.78. The van der Waals surface area contributed by atoms with Crippen LogP contribution >= 0.6 is 11.6 Å². The van der Waals surface area contributed by atoms with Crippen LogP contribution in [-0.4, -0.2) is 33.4 Å². The molecule has 0 saturated heterocycles. The maximum atomic E-state index is 11.8. The van der Waals surface area contributed by atoms with E-state index in [1.54, 1.807) is 42.5 Å². The number of ether oxygens (including phenoxy) is 1. The summed E-state index contributed by atoms with van der Waals surface area (Å²) in [5.41, 5.74) is 1.15. The van der Waals surface area contributed by atoms with Gasteiger partial charge in [-0.1, -0.05) is 48.0 Å². The monoisotopic (exact) mass is 408 g/mol. The van der Waals surface area contributed by atoms with E-state index in [-0.39, 0.29) is 0 Å². The van der Waals surface area contributed by atoms with E-state index >= 15 is 0 Å². The van der Waals surface area contributed by atoms with Crippen molar-refractivity contribution in [2.75, 3.05) is 18.5 Å². The van der Waals surface area contributed by atoms with E-state index in [0.29, 0.717) is 16.3 Å². The molecular formula is C18H17ClN2O5S. The number of anilines is 1. The zero-order valence-electron chi connectivity index (χ0n) is 14.1. The Morgan fingerprint density at radius 1 is 1.07 bits per heavy atom. The van der Waals surface area contributed by atoms with Gasteiger partial charge in [0.15, 0.2) is 6.61 Å². The number of halogens is 1. The molecule has 2 aromatic carbocycles. The molecule has 0 spiro atoms. The number of carbonyl (C=O) groups excluding carboxylic acids is 2. The lowest BCUT2D eigenvalue weighted by molar-refractivity contribution is -0.146. The molecule has 142 valence electrons. The van der Waals surface area contributed by atoms with Gasteiger partial charge in [0.05, 0.1) is 0 Å². The largest absolute Gasteiger partial charge is 0.455 e. The summed E-state index contributed by atoms with van der Waals surface area (Å²) in [7, 11) is -3.81. The van der Waals surface area contributed by atoms with E-state index in [1.165, 1.54) is 12.1 Å². The summed E-state index contributed by atoms with van der Waals surface area (Å²) in [5, 5.41) is 3.89. The predicted molar refractivity (Wildman–Crippen MR) is 103 cm³/mol. The van der Waals surface area contributed by atoms with Gasteiger partial charge in [-0.05, 0) is 29.8 Å². The molecule has 0 aliphatic heterocycles. The average Bonchev–Trinajstić information content (AvgIpc) is 2.64. The van der Waals surface area contributed by atoms with E-state index in [4.69, 9.17) is 16.3 Å². The Labute approximate surface area is 162 Å². The molecule has 2 aromatic rings. The van der Waals surface area contributed by atoms with Crippen molar-refractivity contribution in [3.63, 3.8) is 0 Å². The fourth-order valence-electron chi connectivity index (χ4n) is 1.90. The fourth-order valence-corrected chi connectivity index (χ4v) is 2.84. The van der Waals surface area contributed by atoms with Crippen molar-refractivity contribution in [1.29, 1.82) is 0 Å². The Hall–Kier alpha value is -2.68. The quantitative estimate of drug-likeness (QED) is 0.653. The Morgan fingerprint density at radius 2 is 1.81 bits per heavy atom. The van der Waals surface area contributed by atoms with E-state index in [1.807, 2.05) is 6.07 Å². The van der Waals surface area contributed by atoms with Crippen molar-refractivity contribution in [2.24, 2.45) is 0 Å². The molecular weight excluding hydrogens is 392 g/mol. The van der Waals surface area contributed by atoms with Gasteiger partial charge < -0.3 is 10.1 Å². The number of hydrogen-bond acceptors (Lipinski definition) is 5. The van der Waals surface area contributed by atoms with Crippen LogP contribution in [0, 0.1) is 0 Å². The van der Waals surface area contributed by atoms with E-state index in [0.717, 1.165) is 5.41 Å². The molecule has 0 aliphatic carbocycles. The fraction of sp³-hybridized carbons (Fsp3) is 0.111. The predicted octanol–water partition coefficient (Wildman–Crippen LogP) is 2.41. The highest BCUT2D eigenvalue weighted by atomic mass is 35.5. The van der Waals surface area contributed by atoms with Gasteiger partial charge in [-0.3, -0.25) is 9.59 Å². The Kier molecular flexibility index (Phi) is 7.54. The maximum absolute atomic E-state index is 11.8. The molecule has 0 heterocycles. The normalized spacial score (nSPS) is 11.3. The molecule has 0 aromatic heterocycles. The molecule has 0 aliphatic rings. The Balaban J connectivity index is 1.75.